The number of hydrogen-bond donors (Lipinski definition) is 0. The zero-order valence-corrected chi connectivity index (χ0v) is 13.4. The minimum absolute atomic E-state index is 0.0331. The number of carbonyl (C=O) groups is 1. The van der Waals surface area contributed by atoms with Gasteiger partial charge in [0, 0.05) is 23.5 Å². The number of carbonyl (C=O) groups excluding carboxylic acids is 1. The average Bonchev–Trinajstić information content (AvgIpc) is 2.65. The Balaban J connectivity index is 1.97. The normalized spacial score (nSPS) is 10.2. The van der Waals surface area contributed by atoms with E-state index in [9.17, 15) is 4.79 Å². The molecule has 0 unspecified atom stereocenters. The molecule has 3 rings (SSSR count). The van der Waals surface area contributed by atoms with Crippen LogP contribution in [0.2, 0.25) is 0 Å². The van der Waals surface area contributed by atoms with Gasteiger partial charge in [-0.05, 0) is 48.0 Å². The van der Waals surface area contributed by atoms with Crippen LogP contribution in [0.1, 0.15) is 5.56 Å². The Kier molecular flexibility index (Phi) is 4.87. The van der Waals surface area contributed by atoms with E-state index >= 15 is 0 Å². The van der Waals surface area contributed by atoms with Gasteiger partial charge in [-0.1, -0.05) is 55.1 Å². The number of ketones is 1. The second-order valence-electron chi connectivity index (χ2n) is 5.52. The monoisotopic (exact) mass is 313 g/mol. The number of allylic oxidation sites excluding steroid dienone is 1. The van der Waals surface area contributed by atoms with E-state index in [0.29, 0.717) is 6.42 Å². The highest BCUT2D eigenvalue weighted by Gasteiger charge is 2.11. The summed E-state index contributed by atoms with van der Waals surface area (Å²) in [6.07, 6.45) is 1.76. The van der Waals surface area contributed by atoms with Gasteiger partial charge in [-0.15, -0.1) is 0 Å². The van der Waals surface area contributed by atoms with Crippen molar-refractivity contribution in [1.82, 2.24) is 0 Å². The van der Waals surface area contributed by atoms with Gasteiger partial charge < -0.3 is 4.90 Å². The molecule has 2 heteroatoms. The van der Waals surface area contributed by atoms with Crippen LogP contribution in [0.3, 0.4) is 0 Å². The Morgan fingerprint density at radius 2 is 1.21 bits per heavy atom. The van der Waals surface area contributed by atoms with Crippen LogP contribution in [0.25, 0.3) is 0 Å². The zero-order valence-electron chi connectivity index (χ0n) is 13.4. The van der Waals surface area contributed by atoms with E-state index in [-0.39, 0.29) is 5.78 Å². The number of anilines is 3. The molecule has 0 amide bonds. The van der Waals surface area contributed by atoms with Gasteiger partial charge >= 0.3 is 0 Å². The van der Waals surface area contributed by atoms with Crippen LogP contribution in [0.15, 0.2) is 97.6 Å². The van der Waals surface area contributed by atoms with Gasteiger partial charge in [0.1, 0.15) is 0 Å². The molecule has 118 valence electrons. The Morgan fingerprint density at radius 3 is 1.67 bits per heavy atom. The summed E-state index contributed by atoms with van der Waals surface area (Å²) < 4.78 is 0. The average molecular weight is 313 g/mol. The summed E-state index contributed by atoms with van der Waals surface area (Å²) in [4.78, 5) is 13.7. The molecule has 0 bridgehead atoms. The summed E-state index contributed by atoms with van der Waals surface area (Å²) in [5.74, 6) is 0.0331. The van der Waals surface area contributed by atoms with Crippen molar-refractivity contribution in [2.75, 3.05) is 4.90 Å². The molecule has 24 heavy (non-hydrogen) atoms. The van der Waals surface area contributed by atoms with Crippen molar-refractivity contribution in [2.45, 2.75) is 6.42 Å². The lowest BCUT2D eigenvalue weighted by atomic mass is 10.1. The summed E-state index contributed by atoms with van der Waals surface area (Å²) in [6, 6.07) is 28.6. The maximum atomic E-state index is 11.5. The fourth-order valence-corrected chi connectivity index (χ4v) is 2.64. The van der Waals surface area contributed by atoms with Crippen LogP contribution in [-0.2, 0) is 11.2 Å². The summed E-state index contributed by atoms with van der Waals surface area (Å²) >= 11 is 0. The number of nitrogens with zero attached hydrogens (tertiary/aromatic N) is 1. The fraction of sp³-hybridized carbons (Fsp3) is 0.0455. The van der Waals surface area contributed by atoms with E-state index in [4.69, 9.17) is 0 Å². The fourth-order valence-electron chi connectivity index (χ4n) is 2.64. The SMILES string of the molecule is C=CC(=O)Cc1ccc(N(c2ccccc2)c2ccccc2)cc1. The van der Waals surface area contributed by atoms with Crippen LogP contribution in [0.5, 0.6) is 0 Å². The number of para-hydroxylation sites is 2. The van der Waals surface area contributed by atoms with Gasteiger partial charge in [0.15, 0.2) is 5.78 Å². The van der Waals surface area contributed by atoms with Gasteiger partial charge in [0.2, 0.25) is 0 Å². The Hall–Kier alpha value is -3.13. The third-order valence-electron chi connectivity index (χ3n) is 3.83. The standard InChI is InChI=1S/C22H19NO/c1-2-22(24)17-18-13-15-21(16-14-18)23(19-9-5-3-6-10-19)20-11-7-4-8-12-20/h2-16H,1,17H2. The minimum atomic E-state index is 0.0331. The molecule has 0 spiro atoms. The number of rotatable bonds is 6. The smallest absolute Gasteiger partial charge is 0.159 e. The second kappa shape index (κ2) is 7.42. The molecule has 2 nitrogen and oxygen atoms in total. The molecule has 3 aromatic rings. The van der Waals surface area contributed by atoms with E-state index in [0.717, 1.165) is 22.6 Å². The van der Waals surface area contributed by atoms with Gasteiger partial charge in [-0.3, -0.25) is 4.79 Å². The molecule has 3 aromatic carbocycles. The molecule has 0 saturated heterocycles. The Morgan fingerprint density at radius 1 is 0.750 bits per heavy atom. The predicted octanol–water partition coefficient (Wildman–Crippen LogP) is 5.45. The van der Waals surface area contributed by atoms with Gasteiger partial charge in [-0.2, -0.15) is 0 Å². The van der Waals surface area contributed by atoms with Gasteiger partial charge in [0.05, 0.1) is 0 Å². The Labute approximate surface area is 142 Å². The lowest BCUT2D eigenvalue weighted by Crippen LogP contribution is -2.09. The van der Waals surface area contributed by atoms with Crippen molar-refractivity contribution in [3.8, 4) is 0 Å². The molecule has 0 aliphatic carbocycles. The van der Waals surface area contributed by atoms with E-state index in [2.05, 4.69) is 35.7 Å². The van der Waals surface area contributed by atoms with Gasteiger partial charge in [-0.25, -0.2) is 0 Å². The van der Waals surface area contributed by atoms with Gasteiger partial charge in [0.25, 0.3) is 0 Å². The summed E-state index contributed by atoms with van der Waals surface area (Å²) in [5, 5.41) is 0. The molecule has 0 N–H and O–H groups in total. The molecule has 0 saturated carbocycles. The lowest BCUT2D eigenvalue weighted by molar-refractivity contribution is -0.114. The van der Waals surface area contributed by atoms with Crippen molar-refractivity contribution in [3.05, 3.63) is 103 Å². The molecule has 0 aromatic heterocycles. The summed E-state index contributed by atoms with van der Waals surface area (Å²) in [5.41, 5.74) is 4.24. The quantitative estimate of drug-likeness (QED) is 0.564. The number of hydrogen-bond acceptors (Lipinski definition) is 2. The molecule has 0 heterocycles. The number of benzene rings is 3. The lowest BCUT2D eigenvalue weighted by Gasteiger charge is -2.25. The zero-order chi connectivity index (χ0) is 16.8. The summed E-state index contributed by atoms with van der Waals surface area (Å²) in [7, 11) is 0. The van der Waals surface area contributed by atoms with Crippen LogP contribution < -0.4 is 4.90 Å². The molecule has 0 aliphatic heterocycles. The first-order valence-electron chi connectivity index (χ1n) is 7.92. The largest absolute Gasteiger partial charge is 0.311 e. The maximum Gasteiger partial charge on any atom is 0.159 e. The molecule has 0 atom stereocenters. The third kappa shape index (κ3) is 3.61. The molecule has 0 aliphatic rings. The Bertz CT molecular complexity index is 768. The molecule has 0 radical (unpaired) electrons. The first kappa shape index (κ1) is 15.8. The van der Waals surface area contributed by atoms with Crippen molar-refractivity contribution in [2.24, 2.45) is 0 Å². The van der Waals surface area contributed by atoms with E-state index in [1.807, 2.05) is 60.7 Å². The van der Waals surface area contributed by atoms with Crippen LogP contribution in [0.4, 0.5) is 17.1 Å². The van der Waals surface area contributed by atoms with Crippen molar-refractivity contribution >= 4 is 22.8 Å². The first-order chi connectivity index (χ1) is 11.8. The highest BCUT2D eigenvalue weighted by atomic mass is 16.1. The minimum Gasteiger partial charge on any atom is -0.311 e. The van der Waals surface area contributed by atoms with E-state index in [1.54, 1.807) is 0 Å². The highest BCUT2D eigenvalue weighted by Crippen LogP contribution is 2.33. The van der Waals surface area contributed by atoms with E-state index in [1.165, 1.54) is 6.08 Å². The second-order valence-corrected chi connectivity index (χ2v) is 5.52. The predicted molar refractivity (Wildman–Crippen MR) is 100 cm³/mol. The van der Waals surface area contributed by atoms with Crippen LogP contribution in [0, 0.1) is 0 Å². The first-order valence-corrected chi connectivity index (χ1v) is 7.92. The molecule has 0 fully saturated rings. The summed E-state index contributed by atoms with van der Waals surface area (Å²) in [6.45, 7) is 3.52. The maximum absolute atomic E-state index is 11.5. The van der Waals surface area contributed by atoms with Crippen molar-refractivity contribution in [1.29, 1.82) is 0 Å². The van der Waals surface area contributed by atoms with Crippen molar-refractivity contribution < 1.29 is 4.79 Å². The highest BCUT2D eigenvalue weighted by molar-refractivity contribution is 5.91. The third-order valence-corrected chi connectivity index (χ3v) is 3.83. The molecular weight excluding hydrogens is 294 g/mol. The van der Waals surface area contributed by atoms with Crippen LogP contribution >= 0.6 is 0 Å². The van der Waals surface area contributed by atoms with E-state index < -0.39 is 0 Å². The topological polar surface area (TPSA) is 20.3 Å². The van der Waals surface area contributed by atoms with Crippen molar-refractivity contribution in [3.63, 3.8) is 0 Å². The molecular formula is C22H19NO. The van der Waals surface area contributed by atoms with Crippen LogP contribution in [-0.4, -0.2) is 5.78 Å².